The average molecular weight is 308 g/mol. The fourth-order valence-electron chi connectivity index (χ4n) is 2.40. The van der Waals surface area contributed by atoms with E-state index in [4.69, 9.17) is 0 Å². The molecule has 0 saturated carbocycles. The molecule has 4 heteroatoms. The van der Waals surface area contributed by atoms with E-state index in [1.807, 2.05) is 39.0 Å². The van der Waals surface area contributed by atoms with Gasteiger partial charge in [-0.15, -0.1) is 0 Å². The van der Waals surface area contributed by atoms with E-state index in [0.29, 0.717) is 0 Å². The molecule has 118 valence electrons. The van der Waals surface area contributed by atoms with Crippen LogP contribution >= 0.6 is 0 Å². The van der Waals surface area contributed by atoms with Crippen molar-refractivity contribution in [2.75, 3.05) is 0 Å². The molecule has 0 heterocycles. The van der Waals surface area contributed by atoms with E-state index >= 15 is 0 Å². The van der Waals surface area contributed by atoms with Crippen molar-refractivity contribution in [1.82, 2.24) is 0 Å². The summed E-state index contributed by atoms with van der Waals surface area (Å²) in [4.78, 5) is 0. The summed E-state index contributed by atoms with van der Waals surface area (Å²) in [6.07, 6.45) is -4.86. The van der Waals surface area contributed by atoms with E-state index in [-0.39, 0.29) is 5.92 Å². The Morgan fingerprint density at radius 2 is 1.45 bits per heavy atom. The number of hydrogen-bond acceptors (Lipinski definition) is 1. The fraction of sp³-hybridized carbons (Fsp3) is 0.333. The van der Waals surface area contributed by atoms with Crippen LogP contribution in [-0.4, -0.2) is 5.11 Å². The lowest BCUT2D eigenvalue weighted by molar-refractivity contribution is -0.137. The SMILES string of the molecule is Cc1cc(-c2ccc(C(F)(F)F)cc2)ccc1[C@H](O)C(C)C. The first kappa shape index (κ1) is 16.6. The Hall–Kier alpha value is -1.81. The number of hydrogen-bond donors (Lipinski definition) is 1. The molecule has 1 nitrogen and oxygen atoms in total. The van der Waals surface area contributed by atoms with Crippen molar-refractivity contribution in [3.8, 4) is 11.1 Å². The maximum absolute atomic E-state index is 12.6. The molecular formula is C18H19F3O. The predicted octanol–water partition coefficient (Wildman–Crippen LogP) is 5.37. The van der Waals surface area contributed by atoms with Crippen molar-refractivity contribution in [2.45, 2.75) is 33.1 Å². The lowest BCUT2D eigenvalue weighted by Gasteiger charge is -2.18. The normalized spacial score (nSPS) is 13.5. The highest BCUT2D eigenvalue weighted by atomic mass is 19.4. The summed E-state index contributed by atoms with van der Waals surface area (Å²) in [6.45, 7) is 5.77. The van der Waals surface area contributed by atoms with Crippen molar-refractivity contribution < 1.29 is 18.3 Å². The first-order valence-electron chi connectivity index (χ1n) is 7.16. The van der Waals surface area contributed by atoms with Crippen molar-refractivity contribution >= 4 is 0 Å². The van der Waals surface area contributed by atoms with Crippen molar-refractivity contribution in [3.05, 3.63) is 59.2 Å². The van der Waals surface area contributed by atoms with Gasteiger partial charge in [0, 0.05) is 0 Å². The number of halogens is 3. The number of aliphatic hydroxyl groups is 1. The van der Waals surface area contributed by atoms with Crippen LogP contribution in [0, 0.1) is 12.8 Å². The van der Waals surface area contributed by atoms with Crippen LogP contribution in [0.2, 0.25) is 0 Å². The molecule has 0 aliphatic carbocycles. The first-order chi connectivity index (χ1) is 10.2. The second-order valence-corrected chi connectivity index (χ2v) is 5.84. The molecule has 0 amide bonds. The molecule has 0 aliphatic rings. The molecule has 0 saturated heterocycles. The van der Waals surface area contributed by atoms with Gasteiger partial charge in [-0.3, -0.25) is 0 Å². The van der Waals surface area contributed by atoms with Gasteiger partial charge >= 0.3 is 6.18 Å². The van der Waals surface area contributed by atoms with Gasteiger partial charge in [-0.25, -0.2) is 0 Å². The third kappa shape index (κ3) is 3.50. The zero-order valence-corrected chi connectivity index (χ0v) is 12.8. The summed E-state index contributed by atoms with van der Waals surface area (Å²) in [5.41, 5.74) is 2.69. The van der Waals surface area contributed by atoms with E-state index < -0.39 is 17.8 Å². The van der Waals surface area contributed by atoms with Gasteiger partial charge in [0.25, 0.3) is 0 Å². The third-order valence-corrected chi connectivity index (χ3v) is 3.77. The Labute approximate surface area is 128 Å². The monoisotopic (exact) mass is 308 g/mol. The first-order valence-corrected chi connectivity index (χ1v) is 7.16. The fourth-order valence-corrected chi connectivity index (χ4v) is 2.40. The predicted molar refractivity (Wildman–Crippen MR) is 81.4 cm³/mol. The summed E-state index contributed by atoms with van der Waals surface area (Å²) in [5.74, 6) is 0.107. The molecule has 0 unspecified atom stereocenters. The van der Waals surface area contributed by atoms with Crippen LogP contribution in [0.15, 0.2) is 42.5 Å². The summed E-state index contributed by atoms with van der Waals surface area (Å²) < 4.78 is 37.7. The number of aryl methyl sites for hydroxylation is 1. The van der Waals surface area contributed by atoms with Gasteiger partial charge in [0.2, 0.25) is 0 Å². The highest BCUT2D eigenvalue weighted by molar-refractivity contribution is 5.65. The second-order valence-electron chi connectivity index (χ2n) is 5.84. The van der Waals surface area contributed by atoms with Crippen molar-refractivity contribution in [1.29, 1.82) is 0 Å². The smallest absolute Gasteiger partial charge is 0.388 e. The third-order valence-electron chi connectivity index (χ3n) is 3.77. The van der Waals surface area contributed by atoms with Crippen LogP contribution in [0.4, 0.5) is 13.2 Å². The van der Waals surface area contributed by atoms with Crippen LogP contribution in [0.1, 0.15) is 36.6 Å². The van der Waals surface area contributed by atoms with E-state index in [9.17, 15) is 18.3 Å². The number of aliphatic hydroxyl groups excluding tert-OH is 1. The van der Waals surface area contributed by atoms with E-state index in [1.165, 1.54) is 12.1 Å². The average Bonchev–Trinajstić information content (AvgIpc) is 2.45. The van der Waals surface area contributed by atoms with Gasteiger partial charge in [0.15, 0.2) is 0 Å². The molecule has 0 spiro atoms. The molecule has 2 rings (SSSR count). The Morgan fingerprint density at radius 3 is 1.91 bits per heavy atom. The minimum atomic E-state index is -4.32. The molecule has 2 aromatic carbocycles. The Bertz CT molecular complexity index is 642. The van der Waals surface area contributed by atoms with E-state index in [0.717, 1.165) is 34.4 Å². The molecule has 0 radical (unpaired) electrons. The lowest BCUT2D eigenvalue weighted by Crippen LogP contribution is -2.07. The van der Waals surface area contributed by atoms with Crippen LogP contribution in [0.5, 0.6) is 0 Å². The quantitative estimate of drug-likeness (QED) is 0.808. The van der Waals surface area contributed by atoms with E-state index in [2.05, 4.69) is 0 Å². The standard InChI is InChI=1S/C18H19F3O/c1-11(2)17(22)16-9-6-14(10-12(16)3)13-4-7-15(8-5-13)18(19,20)21/h4-11,17,22H,1-3H3/t17-/m1/s1. The largest absolute Gasteiger partial charge is 0.416 e. The minimum absolute atomic E-state index is 0.107. The maximum Gasteiger partial charge on any atom is 0.416 e. The number of rotatable bonds is 3. The molecule has 0 aromatic heterocycles. The highest BCUT2D eigenvalue weighted by Crippen LogP contribution is 2.32. The maximum atomic E-state index is 12.6. The van der Waals surface area contributed by atoms with Crippen molar-refractivity contribution in [2.24, 2.45) is 5.92 Å². The second kappa shape index (κ2) is 6.13. The topological polar surface area (TPSA) is 20.2 Å². The van der Waals surface area contributed by atoms with Crippen LogP contribution in [-0.2, 0) is 6.18 Å². The Kier molecular flexibility index (Phi) is 4.61. The summed E-state index contributed by atoms with van der Waals surface area (Å²) in [7, 11) is 0. The van der Waals surface area contributed by atoms with Gasteiger partial charge in [-0.1, -0.05) is 44.2 Å². The van der Waals surface area contributed by atoms with Gasteiger partial charge in [0.1, 0.15) is 0 Å². The van der Waals surface area contributed by atoms with Crippen LogP contribution < -0.4 is 0 Å². The zero-order valence-electron chi connectivity index (χ0n) is 12.8. The summed E-state index contributed by atoms with van der Waals surface area (Å²) in [5, 5.41) is 10.1. The molecule has 2 aromatic rings. The Morgan fingerprint density at radius 1 is 0.909 bits per heavy atom. The van der Waals surface area contributed by atoms with Gasteiger partial charge in [-0.05, 0) is 47.2 Å². The number of benzene rings is 2. The van der Waals surface area contributed by atoms with E-state index in [1.54, 1.807) is 0 Å². The summed E-state index contributed by atoms with van der Waals surface area (Å²) in [6, 6.07) is 10.7. The molecule has 1 N–H and O–H groups in total. The number of alkyl halides is 3. The van der Waals surface area contributed by atoms with Gasteiger partial charge < -0.3 is 5.11 Å². The van der Waals surface area contributed by atoms with Crippen LogP contribution in [0.3, 0.4) is 0 Å². The molecule has 0 bridgehead atoms. The zero-order chi connectivity index (χ0) is 16.5. The molecule has 22 heavy (non-hydrogen) atoms. The molecule has 1 atom stereocenters. The lowest BCUT2D eigenvalue weighted by atomic mass is 9.92. The van der Waals surface area contributed by atoms with Crippen LogP contribution in [0.25, 0.3) is 11.1 Å². The Balaban J connectivity index is 2.32. The molecule has 0 aliphatic heterocycles. The minimum Gasteiger partial charge on any atom is -0.388 e. The van der Waals surface area contributed by atoms with Crippen molar-refractivity contribution in [3.63, 3.8) is 0 Å². The van der Waals surface area contributed by atoms with Gasteiger partial charge in [0.05, 0.1) is 11.7 Å². The highest BCUT2D eigenvalue weighted by Gasteiger charge is 2.30. The molecular weight excluding hydrogens is 289 g/mol. The summed E-state index contributed by atoms with van der Waals surface area (Å²) >= 11 is 0. The van der Waals surface area contributed by atoms with Gasteiger partial charge in [-0.2, -0.15) is 13.2 Å². The molecule has 0 fully saturated rings.